The lowest BCUT2D eigenvalue weighted by atomic mass is 9.86. The van der Waals surface area contributed by atoms with E-state index in [2.05, 4.69) is 10.3 Å². The second kappa shape index (κ2) is 7.17. The molecule has 6 heteroatoms. The Kier molecular flexibility index (Phi) is 5.27. The van der Waals surface area contributed by atoms with Gasteiger partial charge in [0, 0.05) is 25.5 Å². The van der Waals surface area contributed by atoms with Gasteiger partial charge in [0.2, 0.25) is 0 Å². The van der Waals surface area contributed by atoms with Gasteiger partial charge in [0.1, 0.15) is 5.69 Å². The predicted octanol–water partition coefficient (Wildman–Crippen LogP) is 1.25. The summed E-state index contributed by atoms with van der Waals surface area (Å²) in [7, 11) is 0. The summed E-state index contributed by atoms with van der Waals surface area (Å²) in [4.78, 5) is 27.5. The molecule has 2 rings (SSSR count). The maximum Gasteiger partial charge on any atom is 0.308 e. The fraction of sp³-hybridized carbons (Fsp3) is 0.533. The Morgan fingerprint density at radius 1 is 1.43 bits per heavy atom. The molecule has 0 spiro atoms. The number of nitrogens with one attached hydrogen (secondary N) is 1. The Morgan fingerprint density at radius 3 is 2.76 bits per heavy atom. The molecule has 0 bridgehead atoms. The van der Waals surface area contributed by atoms with E-state index in [-0.39, 0.29) is 18.4 Å². The molecule has 1 saturated heterocycles. The SMILES string of the molecule is Cc1cccc(C(=O)NCC(C(=O)O)C2CCOCC2)n1. The summed E-state index contributed by atoms with van der Waals surface area (Å²) in [5, 5.41) is 12.0. The molecule has 0 saturated carbocycles. The van der Waals surface area contributed by atoms with Gasteiger partial charge in [0.05, 0.1) is 5.92 Å². The summed E-state index contributed by atoms with van der Waals surface area (Å²) in [5.74, 6) is -1.75. The van der Waals surface area contributed by atoms with Gasteiger partial charge in [-0.1, -0.05) is 6.07 Å². The topological polar surface area (TPSA) is 88.5 Å². The van der Waals surface area contributed by atoms with Crippen LogP contribution < -0.4 is 5.32 Å². The van der Waals surface area contributed by atoms with Crippen LogP contribution >= 0.6 is 0 Å². The Labute approximate surface area is 123 Å². The molecule has 1 aliphatic rings. The van der Waals surface area contributed by atoms with Crippen LogP contribution in [-0.4, -0.2) is 41.7 Å². The molecule has 2 heterocycles. The Bertz CT molecular complexity index is 512. The fourth-order valence-electron chi connectivity index (χ4n) is 2.54. The van der Waals surface area contributed by atoms with E-state index >= 15 is 0 Å². The van der Waals surface area contributed by atoms with Gasteiger partial charge in [-0.25, -0.2) is 4.98 Å². The van der Waals surface area contributed by atoms with Gasteiger partial charge >= 0.3 is 5.97 Å². The monoisotopic (exact) mass is 292 g/mol. The summed E-state index contributed by atoms with van der Waals surface area (Å²) in [6.45, 7) is 3.09. The number of carboxylic acids is 1. The zero-order chi connectivity index (χ0) is 15.2. The number of aliphatic carboxylic acids is 1. The van der Waals surface area contributed by atoms with Crippen LogP contribution in [0.2, 0.25) is 0 Å². The van der Waals surface area contributed by atoms with E-state index < -0.39 is 11.9 Å². The molecule has 0 aliphatic carbocycles. The van der Waals surface area contributed by atoms with Gasteiger partial charge < -0.3 is 15.2 Å². The number of aromatic nitrogens is 1. The number of carbonyl (C=O) groups is 2. The van der Waals surface area contributed by atoms with Gasteiger partial charge in [-0.15, -0.1) is 0 Å². The minimum Gasteiger partial charge on any atom is -0.481 e. The van der Waals surface area contributed by atoms with Crippen LogP contribution in [0.5, 0.6) is 0 Å². The third-order valence-corrected chi connectivity index (χ3v) is 3.76. The first-order valence-corrected chi connectivity index (χ1v) is 7.10. The Hall–Kier alpha value is -1.95. The summed E-state index contributed by atoms with van der Waals surface area (Å²) in [6.07, 6.45) is 1.44. The van der Waals surface area contributed by atoms with Gasteiger partial charge in [-0.3, -0.25) is 9.59 Å². The van der Waals surface area contributed by atoms with E-state index in [0.717, 1.165) is 18.5 Å². The summed E-state index contributed by atoms with van der Waals surface area (Å²) >= 11 is 0. The molecular weight excluding hydrogens is 272 g/mol. The molecule has 1 aromatic rings. The van der Waals surface area contributed by atoms with E-state index in [4.69, 9.17) is 4.74 Å². The van der Waals surface area contributed by atoms with Gasteiger partial charge in [0.15, 0.2) is 0 Å². The number of amides is 1. The van der Waals surface area contributed by atoms with Crippen LogP contribution in [0, 0.1) is 18.8 Å². The van der Waals surface area contributed by atoms with Gasteiger partial charge in [0.25, 0.3) is 5.91 Å². The van der Waals surface area contributed by atoms with E-state index in [9.17, 15) is 14.7 Å². The molecule has 1 aromatic heterocycles. The maximum absolute atomic E-state index is 12.0. The lowest BCUT2D eigenvalue weighted by Crippen LogP contribution is -2.39. The Balaban J connectivity index is 1.95. The van der Waals surface area contributed by atoms with Crippen molar-refractivity contribution in [3.8, 4) is 0 Å². The molecule has 2 N–H and O–H groups in total. The second-order valence-electron chi connectivity index (χ2n) is 5.27. The van der Waals surface area contributed by atoms with E-state index in [1.165, 1.54) is 0 Å². The van der Waals surface area contributed by atoms with Crippen molar-refractivity contribution < 1.29 is 19.4 Å². The summed E-state index contributed by atoms with van der Waals surface area (Å²) in [5.41, 5.74) is 1.06. The number of nitrogens with zero attached hydrogens (tertiary/aromatic N) is 1. The Morgan fingerprint density at radius 2 is 2.14 bits per heavy atom. The van der Waals surface area contributed by atoms with E-state index in [1.54, 1.807) is 25.1 Å². The van der Waals surface area contributed by atoms with Crippen molar-refractivity contribution in [2.24, 2.45) is 11.8 Å². The van der Waals surface area contributed by atoms with Crippen LogP contribution in [0.3, 0.4) is 0 Å². The lowest BCUT2D eigenvalue weighted by Gasteiger charge is -2.27. The minimum atomic E-state index is -0.876. The molecule has 1 atom stereocenters. The summed E-state index contributed by atoms with van der Waals surface area (Å²) < 4.78 is 5.25. The molecule has 114 valence electrons. The number of pyridine rings is 1. The molecule has 1 unspecified atom stereocenters. The standard InChI is InChI=1S/C15H20N2O4/c1-10-3-2-4-13(17-10)14(18)16-9-12(15(19)20)11-5-7-21-8-6-11/h2-4,11-12H,5-9H2,1H3,(H,16,18)(H,19,20). The molecule has 1 aliphatic heterocycles. The molecule has 0 aromatic carbocycles. The van der Waals surface area contributed by atoms with Crippen molar-refractivity contribution in [1.29, 1.82) is 0 Å². The molecule has 0 radical (unpaired) electrons. The van der Waals surface area contributed by atoms with Crippen molar-refractivity contribution in [2.75, 3.05) is 19.8 Å². The number of ether oxygens (including phenoxy) is 1. The van der Waals surface area contributed by atoms with Crippen LogP contribution in [-0.2, 0) is 9.53 Å². The smallest absolute Gasteiger partial charge is 0.308 e. The van der Waals surface area contributed by atoms with Crippen LogP contribution in [0.4, 0.5) is 0 Å². The fourth-order valence-corrected chi connectivity index (χ4v) is 2.54. The minimum absolute atomic E-state index is 0.0435. The highest BCUT2D eigenvalue weighted by Gasteiger charge is 2.30. The highest BCUT2D eigenvalue weighted by Crippen LogP contribution is 2.23. The first-order valence-electron chi connectivity index (χ1n) is 7.10. The van der Waals surface area contributed by atoms with Crippen LogP contribution in [0.1, 0.15) is 29.0 Å². The molecule has 1 fully saturated rings. The van der Waals surface area contributed by atoms with Crippen molar-refractivity contribution in [2.45, 2.75) is 19.8 Å². The zero-order valence-corrected chi connectivity index (χ0v) is 12.0. The number of rotatable bonds is 5. The number of carboxylic acid groups (broad SMARTS) is 1. The van der Waals surface area contributed by atoms with E-state index in [1.807, 2.05) is 0 Å². The molecular formula is C15H20N2O4. The number of carbonyl (C=O) groups excluding carboxylic acids is 1. The van der Waals surface area contributed by atoms with Crippen molar-refractivity contribution in [1.82, 2.24) is 10.3 Å². The first kappa shape index (κ1) is 15.4. The third-order valence-electron chi connectivity index (χ3n) is 3.76. The predicted molar refractivity (Wildman–Crippen MR) is 76.0 cm³/mol. The third kappa shape index (κ3) is 4.26. The molecule has 1 amide bonds. The maximum atomic E-state index is 12.0. The quantitative estimate of drug-likeness (QED) is 0.852. The second-order valence-corrected chi connectivity index (χ2v) is 5.27. The van der Waals surface area contributed by atoms with Crippen LogP contribution in [0.15, 0.2) is 18.2 Å². The number of hydrogen-bond donors (Lipinski definition) is 2. The number of hydrogen-bond acceptors (Lipinski definition) is 4. The van der Waals surface area contributed by atoms with Gasteiger partial charge in [-0.05, 0) is 37.8 Å². The average Bonchev–Trinajstić information content (AvgIpc) is 2.48. The van der Waals surface area contributed by atoms with Crippen molar-refractivity contribution in [3.63, 3.8) is 0 Å². The van der Waals surface area contributed by atoms with E-state index in [0.29, 0.717) is 18.9 Å². The molecule has 6 nitrogen and oxygen atoms in total. The normalized spacial score (nSPS) is 17.2. The zero-order valence-electron chi connectivity index (χ0n) is 12.0. The van der Waals surface area contributed by atoms with Gasteiger partial charge in [-0.2, -0.15) is 0 Å². The van der Waals surface area contributed by atoms with Crippen LogP contribution in [0.25, 0.3) is 0 Å². The lowest BCUT2D eigenvalue weighted by molar-refractivity contribution is -0.144. The molecule has 21 heavy (non-hydrogen) atoms. The number of aryl methyl sites for hydroxylation is 1. The highest BCUT2D eigenvalue weighted by molar-refractivity contribution is 5.92. The van der Waals surface area contributed by atoms with Crippen molar-refractivity contribution in [3.05, 3.63) is 29.6 Å². The van der Waals surface area contributed by atoms with Crippen molar-refractivity contribution >= 4 is 11.9 Å². The average molecular weight is 292 g/mol. The summed E-state index contributed by atoms with van der Waals surface area (Å²) in [6, 6.07) is 5.18. The first-order chi connectivity index (χ1) is 10.1. The largest absolute Gasteiger partial charge is 0.481 e. The highest BCUT2D eigenvalue weighted by atomic mass is 16.5.